The van der Waals surface area contributed by atoms with Gasteiger partial charge in [0.25, 0.3) is 0 Å². The number of amidine groups is 1. The number of benzene rings is 2. The summed E-state index contributed by atoms with van der Waals surface area (Å²) in [5.74, 6) is -0.583. The van der Waals surface area contributed by atoms with E-state index in [1.54, 1.807) is 12.1 Å². The first-order chi connectivity index (χ1) is 10.1. The van der Waals surface area contributed by atoms with Gasteiger partial charge in [0.2, 0.25) is 0 Å². The van der Waals surface area contributed by atoms with Crippen molar-refractivity contribution in [2.45, 2.75) is 13.2 Å². The summed E-state index contributed by atoms with van der Waals surface area (Å²) in [6.07, 6.45) is 0. The molecule has 110 valence electrons. The molecule has 0 amide bonds. The van der Waals surface area contributed by atoms with Crippen LogP contribution < -0.4 is 5.73 Å². The van der Waals surface area contributed by atoms with E-state index in [4.69, 9.17) is 15.7 Å². The van der Waals surface area contributed by atoms with E-state index in [-0.39, 0.29) is 12.4 Å². The Kier molecular flexibility index (Phi) is 5.30. The summed E-state index contributed by atoms with van der Waals surface area (Å²) in [6.45, 7) is 0.520. The molecule has 21 heavy (non-hydrogen) atoms. The van der Waals surface area contributed by atoms with E-state index in [1.165, 1.54) is 6.07 Å². The number of nitrogens with zero attached hydrogens (tertiary/aromatic N) is 1. The van der Waals surface area contributed by atoms with Crippen molar-refractivity contribution in [3.05, 3.63) is 69.4 Å². The summed E-state index contributed by atoms with van der Waals surface area (Å²) in [7, 11) is 0. The molecule has 0 unspecified atom stereocenters. The smallest absolute Gasteiger partial charge is 0.170 e. The molecule has 0 fully saturated rings. The molecular weight excluding hydrogens is 339 g/mol. The molecule has 3 N–H and O–H groups in total. The van der Waals surface area contributed by atoms with E-state index in [0.29, 0.717) is 17.7 Å². The molecule has 2 rings (SSSR count). The highest BCUT2D eigenvalue weighted by atomic mass is 79.9. The molecule has 0 bridgehead atoms. The molecule has 0 aliphatic rings. The van der Waals surface area contributed by atoms with Gasteiger partial charge in [0.05, 0.1) is 13.2 Å². The van der Waals surface area contributed by atoms with Crippen molar-refractivity contribution in [2.75, 3.05) is 0 Å². The Bertz CT molecular complexity index is 662. The van der Waals surface area contributed by atoms with Crippen molar-refractivity contribution in [3.8, 4) is 0 Å². The number of nitrogens with two attached hydrogens (primary N) is 1. The highest BCUT2D eigenvalue weighted by molar-refractivity contribution is 9.10. The van der Waals surface area contributed by atoms with Crippen molar-refractivity contribution < 1.29 is 14.3 Å². The highest BCUT2D eigenvalue weighted by Gasteiger charge is 2.07. The molecule has 0 atom stereocenters. The first-order valence-corrected chi connectivity index (χ1v) is 6.98. The Morgan fingerprint density at radius 2 is 1.90 bits per heavy atom. The number of hydrogen-bond acceptors (Lipinski definition) is 3. The van der Waals surface area contributed by atoms with Crippen LogP contribution in [0.4, 0.5) is 4.39 Å². The minimum Gasteiger partial charge on any atom is -0.409 e. The van der Waals surface area contributed by atoms with E-state index in [9.17, 15) is 4.39 Å². The zero-order valence-electron chi connectivity index (χ0n) is 11.1. The number of hydrogen-bond donors (Lipinski definition) is 2. The van der Waals surface area contributed by atoms with Crippen molar-refractivity contribution in [1.29, 1.82) is 0 Å². The predicted molar refractivity (Wildman–Crippen MR) is 81.5 cm³/mol. The Labute approximate surface area is 130 Å². The van der Waals surface area contributed by atoms with E-state index >= 15 is 0 Å². The van der Waals surface area contributed by atoms with Crippen LogP contribution in [0.3, 0.4) is 0 Å². The Morgan fingerprint density at radius 1 is 1.19 bits per heavy atom. The Balaban J connectivity index is 1.99. The van der Waals surface area contributed by atoms with Gasteiger partial charge in [-0.05, 0) is 17.7 Å². The monoisotopic (exact) mass is 352 g/mol. The third kappa shape index (κ3) is 4.03. The second-order valence-corrected chi connectivity index (χ2v) is 5.23. The number of oxime groups is 1. The number of ether oxygens (including phenoxy) is 1. The first-order valence-electron chi connectivity index (χ1n) is 6.19. The molecule has 2 aromatic carbocycles. The molecule has 4 nitrogen and oxygen atoms in total. The summed E-state index contributed by atoms with van der Waals surface area (Å²) in [5, 5.41) is 11.4. The van der Waals surface area contributed by atoms with Crippen molar-refractivity contribution >= 4 is 21.8 Å². The molecule has 0 spiro atoms. The quantitative estimate of drug-likeness (QED) is 0.375. The zero-order chi connectivity index (χ0) is 15.2. The van der Waals surface area contributed by atoms with Crippen LogP contribution >= 0.6 is 15.9 Å². The lowest BCUT2D eigenvalue weighted by atomic mass is 10.1. The van der Waals surface area contributed by atoms with Crippen LogP contribution in [0.1, 0.15) is 16.7 Å². The van der Waals surface area contributed by atoms with Gasteiger partial charge in [0.15, 0.2) is 5.84 Å². The molecule has 0 saturated heterocycles. The Morgan fingerprint density at radius 3 is 2.57 bits per heavy atom. The van der Waals surface area contributed by atoms with Gasteiger partial charge >= 0.3 is 0 Å². The van der Waals surface area contributed by atoms with Gasteiger partial charge in [-0.25, -0.2) is 4.39 Å². The minimum absolute atomic E-state index is 0.130. The van der Waals surface area contributed by atoms with Gasteiger partial charge in [0.1, 0.15) is 5.82 Å². The standard InChI is InChI=1S/C15H14BrFN2O2/c16-13-4-2-1-3-11(13)8-21-9-12-6-5-10(7-14(12)17)15(18)19-20/h1-7,20H,8-9H2,(H2,18,19). The van der Waals surface area contributed by atoms with Gasteiger partial charge < -0.3 is 15.7 Å². The van der Waals surface area contributed by atoms with Crippen LogP contribution in [0, 0.1) is 5.82 Å². The predicted octanol–water partition coefficient (Wildman–Crippen LogP) is 3.40. The second kappa shape index (κ2) is 7.19. The van der Waals surface area contributed by atoms with E-state index < -0.39 is 5.82 Å². The van der Waals surface area contributed by atoms with E-state index in [1.807, 2.05) is 24.3 Å². The maximum absolute atomic E-state index is 13.9. The molecule has 0 heterocycles. The lowest BCUT2D eigenvalue weighted by Gasteiger charge is -2.08. The molecule has 0 aliphatic carbocycles. The van der Waals surface area contributed by atoms with Gasteiger partial charge in [-0.3, -0.25) is 0 Å². The lowest BCUT2D eigenvalue weighted by Crippen LogP contribution is -2.13. The van der Waals surface area contributed by atoms with Crippen LogP contribution in [0.15, 0.2) is 52.1 Å². The zero-order valence-corrected chi connectivity index (χ0v) is 12.7. The van der Waals surface area contributed by atoms with Crippen molar-refractivity contribution in [1.82, 2.24) is 0 Å². The van der Waals surface area contributed by atoms with Gasteiger partial charge in [0, 0.05) is 15.6 Å². The van der Waals surface area contributed by atoms with Gasteiger partial charge in [-0.1, -0.05) is 51.4 Å². The SMILES string of the molecule is N/C(=N/O)c1ccc(COCc2ccccc2Br)c(F)c1. The van der Waals surface area contributed by atoms with Crippen molar-refractivity contribution in [2.24, 2.45) is 10.9 Å². The minimum atomic E-state index is -0.453. The second-order valence-electron chi connectivity index (χ2n) is 4.38. The van der Waals surface area contributed by atoms with E-state index in [2.05, 4.69) is 21.1 Å². The van der Waals surface area contributed by atoms with Crippen LogP contribution in [-0.4, -0.2) is 11.0 Å². The average Bonchev–Trinajstić information content (AvgIpc) is 2.50. The van der Waals surface area contributed by atoms with Crippen LogP contribution in [0.25, 0.3) is 0 Å². The summed E-state index contributed by atoms with van der Waals surface area (Å²) in [5.41, 5.74) is 7.13. The molecule has 0 saturated carbocycles. The fourth-order valence-electron chi connectivity index (χ4n) is 1.77. The molecule has 0 aliphatic heterocycles. The normalized spacial score (nSPS) is 11.6. The lowest BCUT2D eigenvalue weighted by molar-refractivity contribution is 0.104. The largest absolute Gasteiger partial charge is 0.409 e. The highest BCUT2D eigenvalue weighted by Crippen LogP contribution is 2.18. The fourth-order valence-corrected chi connectivity index (χ4v) is 2.17. The van der Waals surface area contributed by atoms with E-state index in [0.717, 1.165) is 10.0 Å². The summed E-state index contributed by atoms with van der Waals surface area (Å²) in [4.78, 5) is 0. The maximum Gasteiger partial charge on any atom is 0.170 e. The first kappa shape index (κ1) is 15.5. The van der Waals surface area contributed by atoms with Crippen molar-refractivity contribution in [3.63, 3.8) is 0 Å². The summed E-state index contributed by atoms with van der Waals surface area (Å²) < 4.78 is 20.3. The third-order valence-corrected chi connectivity index (χ3v) is 3.70. The molecule has 0 radical (unpaired) electrons. The average molecular weight is 353 g/mol. The number of halogens is 2. The topological polar surface area (TPSA) is 67.8 Å². The summed E-state index contributed by atoms with van der Waals surface area (Å²) >= 11 is 3.43. The van der Waals surface area contributed by atoms with Crippen LogP contribution in [-0.2, 0) is 18.0 Å². The third-order valence-electron chi connectivity index (χ3n) is 2.93. The van der Waals surface area contributed by atoms with Gasteiger partial charge in [-0.2, -0.15) is 0 Å². The molecule has 6 heteroatoms. The van der Waals surface area contributed by atoms with Gasteiger partial charge in [-0.15, -0.1) is 0 Å². The number of rotatable bonds is 5. The fraction of sp³-hybridized carbons (Fsp3) is 0.133. The van der Waals surface area contributed by atoms with Crippen LogP contribution in [0.2, 0.25) is 0 Å². The molecule has 0 aromatic heterocycles. The molecule has 2 aromatic rings. The molecular formula is C15H14BrFN2O2. The Hall–Kier alpha value is -1.92. The maximum atomic E-state index is 13.9. The van der Waals surface area contributed by atoms with Crippen LogP contribution in [0.5, 0.6) is 0 Å². The summed E-state index contributed by atoms with van der Waals surface area (Å²) in [6, 6.07) is 12.0.